The van der Waals surface area contributed by atoms with E-state index in [0.717, 1.165) is 12.5 Å². The minimum absolute atomic E-state index is 0.00428. The number of halogens is 1. The molecule has 32 heavy (non-hydrogen) atoms. The molecular weight excluding hydrogens is 464 g/mol. The van der Waals surface area contributed by atoms with Crippen LogP contribution in [0.15, 0.2) is 59.9 Å². The van der Waals surface area contributed by atoms with Crippen LogP contribution < -0.4 is 4.74 Å². The van der Waals surface area contributed by atoms with Crippen LogP contribution in [-0.4, -0.2) is 54.1 Å². The van der Waals surface area contributed by atoms with Crippen molar-refractivity contribution in [2.45, 2.75) is 5.16 Å². The summed E-state index contributed by atoms with van der Waals surface area (Å²) in [5, 5.41) is 17.2. The van der Waals surface area contributed by atoms with Gasteiger partial charge >= 0.3 is 11.9 Å². The lowest BCUT2D eigenvalue weighted by Gasteiger charge is -2.10. The lowest BCUT2D eigenvalue weighted by atomic mass is 10.1. The van der Waals surface area contributed by atoms with Crippen LogP contribution in [0.25, 0.3) is 11.3 Å². The van der Waals surface area contributed by atoms with Crippen LogP contribution in [0, 0.1) is 0 Å². The second-order valence-electron chi connectivity index (χ2n) is 6.08. The number of carbonyl (C=O) groups is 2. The Morgan fingerprint density at radius 3 is 2.34 bits per heavy atom. The van der Waals surface area contributed by atoms with Gasteiger partial charge in [-0.25, -0.2) is 28.0 Å². The van der Waals surface area contributed by atoms with Crippen molar-refractivity contribution in [1.82, 2.24) is 9.97 Å². The van der Waals surface area contributed by atoms with Gasteiger partial charge in [0.25, 0.3) is 0 Å². The Balaban J connectivity index is 0.000000278. The van der Waals surface area contributed by atoms with Crippen LogP contribution in [0.5, 0.6) is 5.75 Å². The van der Waals surface area contributed by atoms with Crippen molar-refractivity contribution in [1.29, 1.82) is 0 Å². The first-order valence-electron chi connectivity index (χ1n) is 8.63. The molecule has 0 saturated carbocycles. The van der Waals surface area contributed by atoms with Gasteiger partial charge in [-0.2, -0.15) is 5.26 Å². The Morgan fingerprint density at radius 1 is 1.09 bits per heavy atom. The molecular formula is C20H17ClN2O8S. The van der Waals surface area contributed by atoms with E-state index in [2.05, 4.69) is 14.9 Å². The van der Waals surface area contributed by atoms with Crippen molar-refractivity contribution in [3.05, 3.63) is 70.9 Å². The van der Waals surface area contributed by atoms with Crippen molar-refractivity contribution >= 4 is 33.4 Å². The molecule has 0 saturated heterocycles. The zero-order valence-corrected chi connectivity index (χ0v) is 18.3. The van der Waals surface area contributed by atoms with Crippen molar-refractivity contribution in [3.63, 3.8) is 0 Å². The SMILES string of the molecule is COc1ccccc1-c1nc(S(C)(=O)=O)ncc1C(=O)O.O=C(OO)c1cccc(Cl)c1. The van der Waals surface area contributed by atoms with Crippen molar-refractivity contribution in [2.24, 2.45) is 0 Å². The van der Waals surface area contributed by atoms with Gasteiger partial charge in [-0.05, 0) is 30.3 Å². The van der Waals surface area contributed by atoms with Gasteiger partial charge in [-0.3, -0.25) is 4.89 Å². The Hall–Kier alpha value is -3.54. The van der Waals surface area contributed by atoms with Crippen LogP contribution in [0.4, 0.5) is 0 Å². The minimum Gasteiger partial charge on any atom is -0.496 e. The van der Waals surface area contributed by atoms with Gasteiger partial charge in [0.1, 0.15) is 11.3 Å². The molecule has 0 amide bonds. The molecule has 1 heterocycles. The average Bonchev–Trinajstić information content (AvgIpc) is 2.77. The van der Waals surface area contributed by atoms with Crippen molar-refractivity contribution in [2.75, 3.05) is 13.4 Å². The van der Waals surface area contributed by atoms with Crippen LogP contribution in [0.2, 0.25) is 5.02 Å². The third-order valence-corrected chi connectivity index (χ3v) is 4.93. The molecule has 0 aliphatic heterocycles. The molecule has 0 aliphatic rings. The largest absolute Gasteiger partial charge is 0.496 e. The highest BCUT2D eigenvalue weighted by Gasteiger charge is 2.21. The molecule has 10 nitrogen and oxygen atoms in total. The highest BCUT2D eigenvalue weighted by Crippen LogP contribution is 2.30. The predicted octanol–water partition coefficient (Wildman–Crippen LogP) is 3.22. The number of hydrogen-bond acceptors (Lipinski definition) is 9. The van der Waals surface area contributed by atoms with E-state index in [1.807, 2.05) is 0 Å². The maximum atomic E-state index is 11.5. The quantitative estimate of drug-likeness (QED) is 0.316. The number of carboxylic acid groups (broad SMARTS) is 1. The van der Waals surface area contributed by atoms with E-state index in [-0.39, 0.29) is 16.8 Å². The van der Waals surface area contributed by atoms with Gasteiger partial charge < -0.3 is 9.84 Å². The van der Waals surface area contributed by atoms with Crippen LogP contribution in [0.1, 0.15) is 20.7 Å². The van der Waals surface area contributed by atoms with Crippen molar-refractivity contribution in [3.8, 4) is 17.0 Å². The van der Waals surface area contributed by atoms with E-state index in [9.17, 15) is 23.1 Å². The third-order valence-electron chi connectivity index (χ3n) is 3.83. The maximum absolute atomic E-state index is 11.5. The van der Waals surface area contributed by atoms with Crippen molar-refractivity contribution < 1.29 is 38.0 Å². The van der Waals surface area contributed by atoms with Crippen LogP contribution >= 0.6 is 11.6 Å². The molecule has 12 heteroatoms. The fourth-order valence-electron chi connectivity index (χ4n) is 2.41. The van der Waals surface area contributed by atoms with E-state index >= 15 is 0 Å². The van der Waals surface area contributed by atoms with Gasteiger partial charge in [0.2, 0.25) is 15.0 Å². The number of sulfone groups is 1. The Morgan fingerprint density at radius 2 is 1.78 bits per heavy atom. The van der Waals surface area contributed by atoms with Gasteiger partial charge in [-0.15, -0.1) is 0 Å². The number of aromatic nitrogens is 2. The Labute approximate surface area is 187 Å². The number of carboxylic acids is 1. The molecule has 3 aromatic rings. The number of hydrogen-bond donors (Lipinski definition) is 2. The highest BCUT2D eigenvalue weighted by atomic mass is 35.5. The predicted molar refractivity (Wildman–Crippen MR) is 114 cm³/mol. The number of para-hydroxylation sites is 1. The second-order valence-corrected chi connectivity index (χ2v) is 8.43. The number of carbonyl (C=O) groups excluding carboxylic acids is 1. The summed E-state index contributed by atoms with van der Waals surface area (Å²) in [6, 6.07) is 12.7. The molecule has 0 spiro atoms. The summed E-state index contributed by atoms with van der Waals surface area (Å²) in [5.74, 6) is -1.68. The zero-order chi connectivity index (χ0) is 23.9. The first-order chi connectivity index (χ1) is 15.1. The normalized spacial score (nSPS) is 10.5. The van der Waals surface area contributed by atoms with Gasteiger partial charge in [0, 0.05) is 23.0 Å². The number of ether oxygens (including phenoxy) is 1. The molecule has 0 radical (unpaired) electrons. The molecule has 1 aromatic heterocycles. The molecule has 0 bridgehead atoms. The minimum atomic E-state index is -3.65. The molecule has 3 rings (SSSR count). The van der Waals surface area contributed by atoms with E-state index in [1.165, 1.54) is 19.2 Å². The maximum Gasteiger partial charge on any atom is 0.372 e. The summed E-state index contributed by atoms with van der Waals surface area (Å²) in [4.78, 5) is 32.9. The fourth-order valence-corrected chi connectivity index (χ4v) is 3.11. The molecule has 168 valence electrons. The second kappa shape index (κ2) is 10.7. The summed E-state index contributed by atoms with van der Waals surface area (Å²) >= 11 is 5.56. The Bertz CT molecular complexity index is 1250. The third kappa shape index (κ3) is 6.23. The average molecular weight is 481 g/mol. The van der Waals surface area contributed by atoms with Crippen LogP contribution in [-0.2, 0) is 14.7 Å². The zero-order valence-electron chi connectivity index (χ0n) is 16.7. The summed E-state index contributed by atoms with van der Waals surface area (Å²) in [7, 11) is -2.22. The summed E-state index contributed by atoms with van der Waals surface area (Å²) in [6.45, 7) is 0. The molecule has 0 atom stereocenters. The number of methoxy groups -OCH3 is 1. The smallest absolute Gasteiger partial charge is 0.372 e. The Kier molecular flexibility index (Phi) is 8.24. The number of rotatable bonds is 5. The fraction of sp³-hybridized carbons (Fsp3) is 0.100. The lowest BCUT2D eigenvalue weighted by molar-refractivity contribution is -0.182. The number of aromatic carboxylic acids is 1. The van der Waals surface area contributed by atoms with E-state index in [4.69, 9.17) is 21.6 Å². The van der Waals surface area contributed by atoms with Gasteiger partial charge in [-0.1, -0.05) is 29.8 Å². The first kappa shape index (κ1) is 24.7. The summed E-state index contributed by atoms with van der Waals surface area (Å²) in [6.07, 6.45) is 1.93. The first-order valence-corrected chi connectivity index (χ1v) is 10.9. The van der Waals surface area contributed by atoms with E-state index < -0.39 is 26.9 Å². The van der Waals surface area contributed by atoms with E-state index in [0.29, 0.717) is 16.3 Å². The molecule has 0 unspecified atom stereocenters. The standard InChI is InChI=1S/C13H12N2O5S.C7H5ClO3/c1-20-10-6-4-3-5-8(10)11-9(12(16)17)7-14-13(15-11)21(2,18)19;8-6-3-1-2-5(4-6)7(9)11-10/h3-7H,1-2H3,(H,16,17);1-4,10H. The lowest BCUT2D eigenvalue weighted by Crippen LogP contribution is -2.10. The summed E-state index contributed by atoms with van der Waals surface area (Å²) < 4.78 is 28.3. The van der Waals surface area contributed by atoms with Crippen LogP contribution in [0.3, 0.4) is 0 Å². The number of nitrogens with zero attached hydrogens (tertiary/aromatic N) is 2. The molecule has 0 fully saturated rings. The van der Waals surface area contributed by atoms with Gasteiger partial charge in [0.15, 0.2) is 0 Å². The van der Waals surface area contributed by atoms with E-state index in [1.54, 1.807) is 36.4 Å². The molecule has 0 aliphatic carbocycles. The highest BCUT2D eigenvalue weighted by molar-refractivity contribution is 7.90. The molecule has 2 N–H and O–H groups in total. The summed E-state index contributed by atoms with van der Waals surface area (Å²) in [5.41, 5.74) is 0.395. The number of benzene rings is 2. The topological polar surface area (TPSA) is 153 Å². The monoisotopic (exact) mass is 480 g/mol. The molecule has 2 aromatic carbocycles. The van der Waals surface area contributed by atoms with Gasteiger partial charge in [0.05, 0.1) is 18.4 Å².